The van der Waals surface area contributed by atoms with Gasteiger partial charge in [0.15, 0.2) is 12.4 Å². The summed E-state index contributed by atoms with van der Waals surface area (Å²) in [6.07, 6.45) is 76.8. The molecular formula is C70H125NO8. The monoisotopic (exact) mass is 1110 g/mol. The first kappa shape index (κ1) is 75.7. The van der Waals surface area contributed by atoms with Crippen LogP contribution in [0, 0.1) is 0 Å². The molecule has 0 aliphatic carbocycles. The quantitative estimate of drug-likeness (QED) is 0.0195. The number of carbonyl (C=O) groups excluding carboxylic acids is 3. The summed E-state index contributed by atoms with van der Waals surface area (Å²) in [6, 6.07) is 0. The summed E-state index contributed by atoms with van der Waals surface area (Å²) in [4.78, 5) is 37.4. The zero-order valence-electron chi connectivity index (χ0n) is 52.2. The number of carboxylic acid groups (broad SMARTS) is 1. The summed E-state index contributed by atoms with van der Waals surface area (Å²) in [5.41, 5.74) is 0. The van der Waals surface area contributed by atoms with Crippen molar-refractivity contribution in [3.05, 3.63) is 72.9 Å². The van der Waals surface area contributed by atoms with Gasteiger partial charge in [-0.15, -0.1) is 0 Å². The highest BCUT2D eigenvalue weighted by Crippen LogP contribution is 2.17. The van der Waals surface area contributed by atoms with Gasteiger partial charge in [0.05, 0.1) is 40.3 Å². The van der Waals surface area contributed by atoms with Gasteiger partial charge < -0.3 is 33.3 Å². The van der Waals surface area contributed by atoms with E-state index in [1.807, 2.05) is 21.1 Å². The molecule has 79 heavy (non-hydrogen) atoms. The summed E-state index contributed by atoms with van der Waals surface area (Å²) < 4.78 is 22.8. The summed E-state index contributed by atoms with van der Waals surface area (Å²) in [6.45, 7) is 4.66. The molecule has 0 amide bonds. The SMILES string of the molecule is CC/C=C\C/C=C\C/C=C\C/C=C\CCCCCCCCCCCCCCCCCCC(=O)OC(COC(=O)CCCCCCCCCCCCCCC/C=C\C/C=C\CCCCCCC)COC(OCC[N+](C)(C)C)C(=O)[O-]. The van der Waals surface area contributed by atoms with E-state index in [1.54, 1.807) is 0 Å². The van der Waals surface area contributed by atoms with E-state index in [0.717, 1.165) is 64.2 Å². The molecule has 0 N–H and O–H groups in total. The fourth-order valence-corrected chi connectivity index (χ4v) is 9.38. The molecule has 0 rings (SSSR count). The van der Waals surface area contributed by atoms with Crippen LogP contribution in [0.15, 0.2) is 72.9 Å². The van der Waals surface area contributed by atoms with Gasteiger partial charge in [-0.05, 0) is 83.5 Å². The number of esters is 2. The first-order chi connectivity index (χ1) is 38.6. The topological polar surface area (TPSA) is 111 Å². The summed E-state index contributed by atoms with van der Waals surface area (Å²) in [5.74, 6) is -2.27. The molecule has 0 saturated heterocycles. The fraction of sp³-hybridized carbons (Fsp3) is 0.786. The molecule has 0 aliphatic rings. The van der Waals surface area contributed by atoms with Crippen LogP contribution < -0.4 is 5.11 Å². The predicted octanol–water partition coefficient (Wildman–Crippen LogP) is 18.8. The largest absolute Gasteiger partial charge is 0.545 e. The van der Waals surface area contributed by atoms with Gasteiger partial charge in [0.2, 0.25) is 0 Å². The molecule has 9 nitrogen and oxygen atoms in total. The van der Waals surface area contributed by atoms with Crippen molar-refractivity contribution in [2.45, 2.75) is 309 Å². The number of likely N-dealkylation sites (N-methyl/N-ethyl adjacent to an activating group) is 1. The van der Waals surface area contributed by atoms with E-state index < -0.39 is 24.3 Å². The molecule has 0 spiro atoms. The highest BCUT2D eigenvalue weighted by atomic mass is 16.7. The van der Waals surface area contributed by atoms with Crippen molar-refractivity contribution in [3.63, 3.8) is 0 Å². The number of unbranched alkanes of at least 4 members (excludes halogenated alkanes) is 34. The number of carbonyl (C=O) groups is 3. The zero-order chi connectivity index (χ0) is 57.6. The van der Waals surface area contributed by atoms with Gasteiger partial charge in [-0.25, -0.2) is 0 Å². The Morgan fingerprint density at radius 2 is 0.722 bits per heavy atom. The lowest BCUT2D eigenvalue weighted by molar-refractivity contribution is -0.870. The number of allylic oxidation sites excluding steroid dienone is 12. The molecule has 2 unspecified atom stereocenters. The molecule has 0 aliphatic heterocycles. The third kappa shape index (κ3) is 62.2. The number of hydrogen-bond acceptors (Lipinski definition) is 8. The van der Waals surface area contributed by atoms with E-state index >= 15 is 0 Å². The van der Waals surface area contributed by atoms with Crippen molar-refractivity contribution in [2.75, 3.05) is 47.5 Å². The molecule has 2 atom stereocenters. The van der Waals surface area contributed by atoms with Gasteiger partial charge in [-0.1, -0.05) is 273 Å². The van der Waals surface area contributed by atoms with Gasteiger partial charge >= 0.3 is 11.9 Å². The number of aliphatic carboxylic acids is 1. The number of quaternary nitrogens is 1. The molecule has 0 heterocycles. The van der Waals surface area contributed by atoms with Crippen molar-refractivity contribution in [1.82, 2.24) is 0 Å². The second-order valence-electron chi connectivity index (χ2n) is 23.4. The predicted molar refractivity (Wildman–Crippen MR) is 334 cm³/mol. The van der Waals surface area contributed by atoms with Gasteiger partial charge in [0, 0.05) is 12.8 Å². The highest BCUT2D eigenvalue weighted by molar-refractivity contribution is 5.70. The molecule has 0 aromatic carbocycles. The lowest BCUT2D eigenvalue weighted by Gasteiger charge is -2.26. The fourth-order valence-electron chi connectivity index (χ4n) is 9.38. The minimum Gasteiger partial charge on any atom is -0.545 e. The zero-order valence-corrected chi connectivity index (χ0v) is 52.2. The van der Waals surface area contributed by atoms with Crippen LogP contribution in [0.3, 0.4) is 0 Å². The molecule has 0 radical (unpaired) electrons. The van der Waals surface area contributed by atoms with Crippen LogP contribution in [-0.4, -0.2) is 82.3 Å². The maximum absolute atomic E-state index is 12.9. The van der Waals surface area contributed by atoms with Crippen molar-refractivity contribution >= 4 is 17.9 Å². The first-order valence-corrected chi connectivity index (χ1v) is 33.1. The van der Waals surface area contributed by atoms with E-state index in [2.05, 4.69) is 86.8 Å². The normalized spacial score (nSPS) is 13.2. The van der Waals surface area contributed by atoms with Crippen LogP contribution in [0.2, 0.25) is 0 Å². The number of carboxylic acids is 1. The van der Waals surface area contributed by atoms with Crippen molar-refractivity contribution in [2.24, 2.45) is 0 Å². The van der Waals surface area contributed by atoms with Gasteiger partial charge in [0.25, 0.3) is 0 Å². The summed E-state index contributed by atoms with van der Waals surface area (Å²) in [7, 11) is 5.93. The van der Waals surface area contributed by atoms with Crippen molar-refractivity contribution < 1.29 is 42.9 Å². The maximum Gasteiger partial charge on any atom is 0.306 e. The molecule has 0 saturated carbocycles. The lowest BCUT2D eigenvalue weighted by Crippen LogP contribution is -2.44. The molecular weight excluding hydrogens is 983 g/mol. The number of hydrogen-bond donors (Lipinski definition) is 0. The van der Waals surface area contributed by atoms with Crippen molar-refractivity contribution in [3.8, 4) is 0 Å². The first-order valence-electron chi connectivity index (χ1n) is 33.1. The van der Waals surface area contributed by atoms with Crippen LogP contribution in [0.5, 0.6) is 0 Å². The van der Waals surface area contributed by atoms with E-state index in [9.17, 15) is 19.5 Å². The smallest absolute Gasteiger partial charge is 0.306 e. The Balaban J connectivity index is 4.14. The minimum absolute atomic E-state index is 0.147. The second-order valence-corrected chi connectivity index (χ2v) is 23.4. The molecule has 0 fully saturated rings. The van der Waals surface area contributed by atoms with Crippen LogP contribution >= 0.6 is 0 Å². The third-order valence-corrected chi connectivity index (χ3v) is 14.4. The summed E-state index contributed by atoms with van der Waals surface area (Å²) in [5, 5.41) is 11.8. The molecule has 0 bridgehead atoms. The van der Waals surface area contributed by atoms with Crippen LogP contribution in [-0.2, 0) is 33.3 Å². The Hall–Kier alpha value is -3.27. The van der Waals surface area contributed by atoms with Gasteiger partial charge in [0.1, 0.15) is 13.2 Å². The van der Waals surface area contributed by atoms with E-state index in [4.69, 9.17) is 18.9 Å². The van der Waals surface area contributed by atoms with Crippen LogP contribution in [0.25, 0.3) is 0 Å². The molecule has 9 heteroatoms. The average Bonchev–Trinajstić information content (AvgIpc) is 3.42. The molecule has 458 valence electrons. The molecule has 0 aromatic rings. The highest BCUT2D eigenvalue weighted by Gasteiger charge is 2.22. The number of rotatable bonds is 61. The number of nitrogens with zero attached hydrogens (tertiary/aromatic N) is 1. The van der Waals surface area contributed by atoms with E-state index in [0.29, 0.717) is 23.9 Å². The standard InChI is InChI=1S/C70H125NO8/c1-6-8-10-12-14-16-18-20-22-24-26-28-30-32-33-34-35-37-39-41-43-45-47-49-51-53-55-57-59-61-68(73)79-66(65-78-70(69(74)75)76-63-62-71(3,4)5)64-77-67(72)60-58-56-54-52-50-48-46-44-42-40-38-36-31-29-27-25-23-21-19-17-15-13-11-9-7-2/h8,10,14,16,19-22,25-28,66,70H,6-7,9,11-13,15,17-18,23-24,29-65H2,1-5H3/b10-8-,16-14-,21-19-,22-20-,27-25-,28-26-. The number of ether oxygens (including phenoxy) is 4. The minimum atomic E-state index is -1.62. The average molecular weight is 1110 g/mol. The second kappa shape index (κ2) is 60.8. The Kier molecular flexibility index (Phi) is 58.3. The van der Waals surface area contributed by atoms with Crippen molar-refractivity contribution in [1.29, 1.82) is 0 Å². The van der Waals surface area contributed by atoms with Crippen LogP contribution in [0.4, 0.5) is 0 Å². The Labute approximate surface area is 487 Å². The molecule has 0 aromatic heterocycles. The lowest BCUT2D eigenvalue weighted by atomic mass is 10.0. The van der Waals surface area contributed by atoms with E-state index in [-0.39, 0.29) is 32.2 Å². The third-order valence-electron chi connectivity index (χ3n) is 14.4. The maximum atomic E-state index is 12.9. The van der Waals surface area contributed by atoms with Gasteiger partial charge in [-0.2, -0.15) is 0 Å². The Morgan fingerprint density at radius 3 is 1.08 bits per heavy atom. The van der Waals surface area contributed by atoms with Gasteiger partial charge in [-0.3, -0.25) is 9.59 Å². The van der Waals surface area contributed by atoms with Crippen LogP contribution in [0.1, 0.15) is 296 Å². The van der Waals surface area contributed by atoms with E-state index in [1.165, 1.54) is 199 Å². The summed E-state index contributed by atoms with van der Waals surface area (Å²) >= 11 is 0. The Bertz CT molecular complexity index is 1520. The Morgan fingerprint density at radius 1 is 0.392 bits per heavy atom.